The molecule has 0 aliphatic carbocycles. The Morgan fingerprint density at radius 1 is 1.07 bits per heavy atom. The number of hydrogen-bond acceptors (Lipinski definition) is 6. The number of aryl methyl sites for hydroxylation is 1. The molecule has 7 nitrogen and oxygen atoms in total. The van der Waals surface area contributed by atoms with Gasteiger partial charge in [-0.3, -0.25) is 14.4 Å². The van der Waals surface area contributed by atoms with Gasteiger partial charge in [0.2, 0.25) is 11.8 Å². The highest BCUT2D eigenvalue weighted by molar-refractivity contribution is 7.14. The summed E-state index contributed by atoms with van der Waals surface area (Å²) in [5.74, 6) is 0.709. The zero-order chi connectivity index (χ0) is 21.5. The van der Waals surface area contributed by atoms with E-state index < -0.39 is 0 Å². The van der Waals surface area contributed by atoms with Crippen molar-refractivity contribution in [3.8, 4) is 11.5 Å². The molecule has 0 aliphatic heterocycles. The van der Waals surface area contributed by atoms with E-state index in [0.29, 0.717) is 34.5 Å². The minimum Gasteiger partial charge on any atom is -0.458 e. The van der Waals surface area contributed by atoms with Gasteiger partial charge in [0.1, 0.15) is 11.5 Å². The molecule has 156 valence electrons. The van der Waals surface area contributed by atoms with Crippen molar-refractivity contribution in [2.75, 3.05) is 5.32 Å². The number of nitrogens with one attached hydrogen (secondary N) is 2. The van der Waals surface area contributed by atoms with Gasteiger partial charge in [0.15, 0.2) is 16.7 Å². The van der Waals surface area contributed by atoms with Crippen LogP contribution in [0.4, 0.5) is 5.13 Å². The van der Waals surface area contributed by atoms with Crippen LogP contribution in [-0.4, -0.2) is 22.6 Å². The van der Waals surface area contributed by atoms with E-state index in [1.165, 1.54) is 23.8 Å². The van der Waals surface area contributed by atoms with Crippen LogP contribution < -0.4 is 10.6 Å². The van der Waals surface area contributed by atoms with Crippen LogP contribution in [0.1, 0.15) is 48.4 Å². The van der Waals surface area contributed by atoms with Crippen molar-refractivity contribution < 1.29 is 18.8 Å². The molecule has 30 heavy (non-hydrogen) atoms. The van der Waals surface area contributed by atoms with Crippen molar-refractivity contribution in [2.45, 2.75) is 39.7 Å². The quantitative estimate of drug-likeness (QED) is 0.500. The molecule has 0 atom stereocenters. The van der Waals surface area contributed by atoms with Crippen molar-refractivity contribution in [3.05, 3.63) is 58.7 Å². The molecule has 0 aliphatic rings. The van der Waals surface area contributed by atoms with Crippen molar-refractivity contribution in [2.24, 2.45) is 0 Å². The zero-order valence-corrected chi connectivity index (χ0v) is 17.7. The number of rotatable bonds is 9. The highest BCUT2D eigenvalue weighted by atomic mass is 32.1. The fourth-order valence-corrected chi connectivity index (χ4v) is 3.46. The maximum absolute atomic E-state index is 12.3. The molecule has 0 saturated carbocycles. The average molecular weight is 426 g/mol. The molecule has 1 aromatic carbocycles. The van der Waals surface area contributed by atoms with Crippen LogP contribution in [0.5, 0.6) is 0 Å². The van der Waals surface area contributed by atoms with Gasteiger partial charge in [-0.15, -0.1) is 11.3 Å². The molecule has 2 amide bonds. The standard InChI is InChI=1S/C22H23N3O4S/c1-3-15-4-6-16(7-5-15)19(27)9-11-21(28)25-22-24-18(13-30-22)20-10-8-17(29-20)12-23-14(2)26/h4-8,10,13H,3,9,11-12H2,1-2H3,(H,23,26)(H,24,25,28). The number of aromatic nitrogens is 1. The van der Waals surface area contributed by atoms with Crippen LogP contribution >= 0.6 is 11.3 Å². The summed E-state index contributed by atoms with van der Waals surface area (Å²) >= 11 is 1.28. The fourth-order valence-electron chi connectivity index (χ4n) is 2.75. The lowest BCUT2D eigenvalue weighted by Gasteiger charge is -2.03. The highest BCUT2D eigenvalue weighted by Crippen LogP contribution is 2.26. The predicted octanol–water partition coefficient (Wildman–Crippen LogP) is 4.20. The van der Waals surface area contributed by atoms with Crippen molar-refractivity contribution in [1.29, 1.82) is 0 Å². The van der Waals surface area contributed by atoms with Crippen molar-refractivity contribution in [1.82, 2.24) is 10.3 Å². The number of carbonyl (C=O) groups excluding carboxylic acids is 3. The molecule has 0 bridgehead atoms. The third-order valence-electron chi connectivity index (χ3n) is 4.44. The van der Waals surface area contributed by atoms with E-state index in [0.717, 1.165) is 6.42 Å². The molecule has 2 N–H and O–H groups in total. The Morgan fingerprint density at radius 2 is 1.83 bits per heavy atom. The fraction of sp³-hybridized carbons (Fsp3) is 0.273. The number of thiazole rings is 1. The first-order valence-corrected chi connectivity index (χ1v) is 10.5. The largest absolute Gasteiger partial charge is 0.458 e. The molecule has 8 heteroatoms. The Balaban J connectivity index is 1.50. The lowest BCUT2D eigenvalue weighted by molar-refractivity contribution is -0.119. The molecule has 2 heterocycles. The second-order valence-corrected chi connectivity index (χ2v) is 7.59. The predicted molar refractivity (Wildman–Crippen MR) is 115 cm³/mol. The van der Waals surface area contributed by atoms with Gasteiger partial charge in [-0.2, -0.15) is 0 Å². The van der Waals surface area contributed by atoms with E-state index >= 15 is 0 Å². The SMILES string of the molecule is CCc1ccc(C(=O)CCC(=O)Nc2nc(-c3ccc(CNC(C)=O)o3)cs2)cc1. The van der Waals surface area contributed by atoms with Crippen LogP contribution in [0.25, 0.3) is 11.5 Å². The summed E-state index contributed by atoms with van der Waals surface area (Å²) in [5, 5.41) is 7.60. The first-order valence-electron chi connectivity index (χ1n) is 9.65. The number of Topliss-reactive ketones (excluding diaryl/α,β-unsaturated/α-hetero) is 1. The maximum atomic E-state index is 12.3. The van der Waals surface area contributed by atoms with Gasteiger partial charge in [-0.25, -0.2) is 4.98 Å². The van der Waals surface area contributed by atoms with E-state index in [9.17, 15) is 14.4 Å². The van der Waals surface area contributed by atoms with Crippen LogP contribution in [-0.2, 0) is 22.6 Å². The summed E-state index contributed by atoms with van der Waals surface area (Å²) in [7, 11) is 0. The van der Waals surface area contributed by atoms with Gasteiger partial charge in [-0.1, -0.05) is 31.2 Å². The summed E-state index contributed by atoms with van der Waals surface area (Å²) in [5.41, 5.74) is 2.38. The van der Waals surface area contributed by atoms with Crippen molar-refractivity contribution in [3.63, 3.8) is 0 Å². The number of anilines is 1. The van der Waals surface area contributed by atoms with Gasteiger partial charge in [0, 0.05) is 30.7 Å². The van der Waals surface area contributed by atoms with Crippen LogP contribution in [0, 0.1) is 0 Å². The van der Waals surface area contributed by atoms with Gasteiger partial charge in [0.05, 0.1) is 6.54 Å². The summed E-state index contributed by atoms with van der Waals surface area (Å²) in [6.07, 6.45) is 1.15. The van der Waals surface area contributed by atoms with E-state index in [2.05, 4.69) is 22.5 Å². The smallest absolute Gasteiger partial charge is 0.226 e. The minimum atomic E-state index is -0.264. The summed E-state index contributed by atoms with van der Waals surface area (Å²) < 4.78 is 5.65. The molecular weight excluding hydrogens is 402 g/mol. The number of carbonyl (C=O) groups is 3. The first-order chi connectivity index (χ1) is 14.4. The highest BCUT2D eigenvalue weighted by Gasteiger charge is 2.13. The van der Waals surface area contributed by atoms with Crippen LogP contribution in [0.15, 0.2) is 46.2 Å². The zero-order valence-electron chi connectivity index (χ0n) is 16.9. The third-order valence-corrected chi connectivity index (χ3v) is 5.20. The summed E-state index contributed by atoms with van der Waals surface area (Å²) in [4.78, 5) is 39.8. The Labute approximate surface area is 178 Å². The molecule has 0 saturated heterocycles. The molecule has 0 spiro atoms. The molecule has 3 rings (SSSR count). The number of hydrogen-bond donors (Lipinski definition) is 2. The Morgan fingerprint density at radius 3 is 2.53 bits per heavy atom. The average Bonchev–Trinajstić information content (AvgIpc) is 3.40. The molecule has 0 unspecified atom stereocenters. The second-order valence-electron chi connectivity index (χ2n) is 6.74. The Bertz CT molecular complexity index is 1040. The van der Waals surface area contributed by atoms with E-state index in [1.807, 2.05) is 12.1 Å². The van der Waals surface area contributed by atoms with Crippen LogP contribution in [0.3, 0.4) is 0 Å². The van der Waals surface area contributed by atoms with Crippen LogP contribution in [0.2, 0.25) is 0 Å². The molecule has 0 radical (unpaired) electrons. The summed E-state index contributed by atoms with van der Waals surface area (Å²) in [6, 6.07) is 11.0. The molecular formula is C22H23N3O4S. The number of benzene rings is 1. The Kier molecular flexibility index (Phi) is 7.13. The maximum Gasteiger partial charge on any atom is 0.226 e. The van der Waals surface area contributed by atoms with E-state index in [4.69, 9.17) is 4.42 Å². The number of amides is 2. The summed E-state index contributed by atoms with van der Waals surface area (Å²) in [6.45, 7) is 3.80. The first kappa shape index (κ1) is 21.4. The third kappa shape index (κ3) is 5.87. The minimum absolute atomic E-state index is 0.0603. The van der Waals surface area contributed by atoms with Crippen molar-refractivity contribution >= 4 is 34.1 Å². The number of ketones is 1. The van der Waals surface area contributed by atoms with E-state index in [1.54, 1.807) is 29.6 Å². The number of furan rings is 1. The monoisotopic (exact) mass is 425 g/mol. The Hall–Kier alpha value is -3.26. The van der Waals surface area contributed by atoms with Gasteiger partial charge in [-0.05, 0) is 24.1 Å². The topological polar surface area (TPSA) is 101 Å². The lowest BCUT2D eigenvalue weighted by atomic mass is 10.0. The van der Waals surface area contributed by atoms with E-state index in [-0.39, 0.29) is 30.4 Å². The van der Waals surface area contributed by atoms with Gasteiger partial charge in [0.25, 0.3) is 0 Å². The lowest BCUT2D eigenvalue weighted by Crippen LogP contribution is -2.18. The van der Waals surface area contributed by atoms with Gasteiger partial charge < -0.3 is 15.1 Å². The second kappa shape index (κ2) is 9.98. The van der Waals surface area contributed by atoms with Gasteiger partial charge >= 0.3 is 0 Å². The molecule has 2 aromatic heterocycles. The molecule has 3 aromatic rings. The molecule has 0 fully saturated rings. The number of nitrogens with zero attached hydrogens (tertiary/aromatic N) is 1. The normalized spacial score (nSPS) is 10.6.